The second kappa shape index (κ2) is 9.15. The normalized spacial score (nSPS) is 15.0. The predicted molar refractivity (Wildman–Crippen MR) is 114 cm³/mol. The minimum Gasteiger partial charge on any atom is -0.343 e. The molecule has 3 amide bonds. The fraction of sp³-hybridized carbons (Fsp3) is 0.619. The van der Waals surface area contributed by atoms with Crippen LogP contribution in [0.15, 0.2) is 6.07 Å². The van der Waals surface area contributed by atoms with Crippen molar-refractivity contribution in [1.82, 2.24) is 9.62 Å². The lowest BCUT2D eigenvalue weighted by Gasteiger charge is -2.20. The second-order valence-corrected chi connectivity index (χ2v) is 9.67. The molecule has 7 nitrogen and oxygen atoms in total. The summed E-state index contributed by atoms with van der Waals surface area (Å²) in [5, 5.41) is 2.82. The molecule has 0 spiro atoms. The van der Waals surface area contributed by atoms with Crippen LogP contribution >= 0.6 is 0 Å². The van der Waals surface area contributed by atoms with E-state index in [-0.39, 0.29) is 12.3 Å². The van der Waals surface area contributed by atoms with Crippen molar-refractivity contribution < 1.29 is 18.0 Å². The van der Waals surface area contributed by atoms with Crippen LogP contribution in [-0.2, 0) is 40.5 Å². The maximum atomic E-state index is 12.5. The molecule has 0 radical (unpaired) electrons. The lowest BCUT2D eigenvalue weighted by molar-refractivity contribution is -0.130. The summed E-state index contributed by atoms with van der Waals surface area (Å²) in [7, 11) is -3.89. The van der Waals surface area contributed by atoms with Crippen molar-refractivity contribution in [2.75, 3.05) is 24.2 Å². The summed E-state index contributed by atoms with van der Waals surface area (Å²) in [6, 6.07) is 1.51. The smallest absolute Gasteiger partial charge is 0.332 e. The Kier molecular flexibility index (Phi) is 6.82. The van der Waals surface area contributed by atoms with Gasteiger partial charge in [-0.3, -0.25) is 4.79 Å². The average molecular weight is 422 g/mol. The molecule has 160 valence electrons. The van der Waals surface area contributed by atoms with Gasteiger partial charge in [0.1, 0.15) is 0 Å². The first kappa shape index (κ1) is 21.6. The first-order chi connectivity index (χ1) is 13.8. The molecule has 2 N–H and O–H groups in total. The van der Waals surface area contributed by atoms with E-state index in [4.69, 9.17) is 0 Å². The molecule has 0 bridgehead atoms. The lowest BCUT2D eigenvalue weighted by atomic mass is 9.99. The molecule has 3 rings (SSSR count). The minimum atomic E-state index is -3.89. The number of carbonyl (C=O) groups is 2. The van der Waals surface area contributed by atoms with Gasteiger partial charge in [-0.1, -0.05) is 13.0 Å². The Morgan fingerprint density at radius 2 is 1.66 bits per heavy atom. The Hall–Kier alpha value is -2.09. The molecule has 0 saturated heterocycles. The molecule has 0 heterocycles. The molecule has 2 aliphatic carbocycles. The van der Waals surface area contributed by atoms with Gasteiger partial charge in [0.05, 0.1) is 5.75 Å². The first-order valence-electron chi connectivity index (χ1n) is 10.6. The van der Waals surface area contributed by atoms with Gasteiger partial charge in [-0.2, -0.15) is 0 Å². The Morgan fingerprint density at radius 3 is 2.21 bits per heavy atom. The molecule has 0 aliphatic heterocycles. The highest BCUT2D eigenvalue weighted by molar-refractivity contribution is 7.90. The Morgan fingerprint density at radius 1 is 1.03 bits per heavy atom. The third-order valence-electron chi connectivity index (χ3n) is 5.77. The summed E-state index contributed by atoms with van der Waals surface area (Å²) < 4.78 is 26.7. The van der Waals surface area contributed by atoms with Crippen molar-refractivity contribution in [3.05, 3.63) is 28.3 Å². The monoisotopic (exact) mass is 421 g/mol. The highest BCUT2D eigenvalue weighted by Gasteiger charge is 2.26. The number of hydrogen-bond donors (Lipinski definition) is 2. The molecule has 1 aromatic rings. The molecular weight excluding hydrogens is 390 g/mol. The molecule has 8 heteroatoms. The zero-order valence-corrected chi connectivity index (χ0v) is 18.2. The van der Waals surface area contributed by atoms with Gasteiger partial charge in [-0.05, 0) is 74.1 Å². The number of anilines is 1. The quantitative estimate of drug-likeness (QED) is 0.675. The molecule has 0 fully saturated rings. The van der Waals surface area contributed by atoms with Crippen molar-refractivity contribution in [1.29, 1.82) is 0 Å². The van der Waals surface area contributed by atoms with Crippen molar-refractivity contribution >= 4 is 27.6 Å². The van der Waals surface area contributed by atoms with E-state index in [0.717, 1.165) is 61.8 Å². The van der Waals surface area contributed by atoms with E-state index in [0.29, 0.717) is 13.1 Å². The Bertz CT molecular complexity index is 863. The number of urea groups is 1. The van der Waals surface area contributed by atoms with E-state index in [9.17, 15) is 18.0 Å². The summed E-state index contributed by atoms with van der Waals surface area (Å²) in [5.74, 6) is -0.608. The molecule has 2 aliphatic rings. The zero-order valence-electron chi connectivity index (χ0n) is 17.3. The maximum absolute atomic E-state index is 12.5. The van der Waals surface area contributed by atoms with Crippen LogP contribution in [0.4, 0.5) is 10.5 Å². The standard InChI is InChI=1S/C21H31N3O4S/c1-3-12-24(4-2)19(25)11-13-29(27,28)23-21(26)22-20-17-9-5-7-15(17)14-16-8-6-10-18(16)20/h14H,3-13H2,1-2H3,(H2,22,23,26). The molecule has 29 heavy (non-hydrogen) atoms. The lowest BCUT2D eigenvalue weighted by Crippen LogP contribution is -2.38. The van der Waals surface area contributed by atoms with Crippen molar-refractivity contribution in [2.24, 2.45) is 0 Å². The number of benzene rings is 1. The first-order valence-corrected chi connectivity index (χ1v) is 12.3. The highest BCUT2D eigenvalue weighted by Crippen LogP contribution is 2.38. The summed E-state index contributed by atoms with van der Waals surface area (Å²) >= 11 is 0. The topological polar surface area (TPSA) is 95.6 Å². The fourth-order valence-corrected chi connectivity index (χ4v) is 5.29. The van der Waals surface area contributed by atoms with Crippen molar-refractivity contribution in [3.8, 4) is 0 Å². The Labute approximate surface area is 173 Å². The van der Waals surface area contributed by atoms with Crippen LogP contribution in [-0.4, -0.2) is 44.1 Å². The van der Waals surface area contributed by atoms with Crippen molar-refractivity contribution in [2.45, 2.75) is 65.2 Å². The number of sulfonamides is 1. The van der Waals surface area contributed by atoms with Gasteiger partial charge < -0.3 is 10.2 Å². The van der Waals surface area contributed by atoms with Crippen LogP contribution in [0, 0.1) is 0 Å². The number of carbonyl (C=O) groups excluding carboxylic acids is 2. The molecule has 0 aromatic heterocycles. The van der Waals surface area contributed by atoms with Gasteiger partial charge in [-0.25, -0.2) is 17.9 Å². The maximum Gasteiger partial charge on any atom is 0.332 e. The fourth-order valence-electron chi connectivity index (χ4n) is 4.41. The summed E-state index contributed by atoms with van der Waals surface area (Å²) in [4.78, 5) is 26.3. The van der Waals surface area contributed by atoms with Crippen LogP contribution in [0.5, 0.6) is 0 Å². The van der Waals surface area contributed by atoms with E-state index < -0.39 is 21.8 Å². The number of nitrogens with one attached hydrogen (secondary N) is 2. The molecule has 0 saturated carbocycles. The van der Waals surface area contributed by atoms with E-state index in [1.807, 2.05) is 13.8 Å². The summed E-state index contributed by atoms with van der Waals surface area (Å²) in [6.07, 6.45) is 6.62. The Balaban J connectivity index is 1.63. The van der Waals surface area contributed by atoms with Gasteiger partial charge in [0.25, 0.3) is 0 Å². The summed E-state index contributed by atoms with van der Waals surface area (Å²) in [6.45, 7) is 4.98. The van der Waals surface area contributed by atoms with Gasteiger partial charge in [-0.15, -0.1) is 0 Å². The molecular formula is C21H31N3O4S. The number of rotatable bonds is 8. The molecule has 1 aromatic carbocycles. The summed E-state index contributed by atoms with van der Waals surface area (Å²) in [5.41, 5.74) is 5.63. The highest BCUT2D eigenvalue weighted by atomic mass is 32.2. The van der Waals surface area contributed by atoms with Gasteiger partial charge in [0.15, 0.2) is 0 Å². The SMILES string of the molecule is CCCN(CC)C(=O)CCS(=O)(=O)NC(=O)Nc1c2c(cc3c1CCC3)CCC2. The second-order valence-electron chi connectivity index (χ2n) is 7.83. The third-order valence-corrected chi connectivity index (χ3v) is 7.01. The van der Waals surface area contributed by atoms with Crippen molar-refractivity contribution in [3.63, 3.8) is 0 Å². The largest absolute Gasteiger partial charge is 0.343 e. The average Bonchev–Trinajstić information content (AvgIpc) is 3.32. The van der Waals surface area contributed by atoms with E-state index in [1.165, 1.54) is 11.1 Å². The number of aryl methyl sites for hydroxylation is 2. The van der Waals surface area contributed by atoms with Crippen LogP contribution in [0.3, 0.4) is 0 Å². The predicted octanol–water partition coefficient (Wildman–Crippen LogP) is 2.76. The number of hydrogen-bond acceptors (Lipinski definition) is 4. The number of amides is 3. The van der Waals surface area contributed by atoms with Crippen LogP contribution in [0.25, 0.3) is 0 Å². The third kappa shape index (κ3) is 5.10. The van der Waals surface area contributed by atoms with Gasteiger partial charge >= 0.3 is 6.03 Å². The van der Waals surface area contributed by atoms with Crippen LogP contribution < -0.4 is 10.0 Å². The van der Waals surface area contributed by atoms with E-state index >= 15 is 0 Å². The zero-order chi connectivity index (χ0) is 21.0. The molecule has 0 atom stereocenters. The van der Waals surface area contributed by atoms with Crippen LogP contribution in [0.2, 0.25) is 0 Å². The molecule has 0 unspecified atom stereocenters. The van der Waals surface area contributed by atoms with E-state index in [2.05, 4.69) is 16.1 Å². The number of nitrogens with zero attached hydrogens (tertiary/aromatic N) is 1. The number of fused-ring (bicyclic) bond motifs is 2. The van der Waals surface area contributed by atoms with Gasteiger partial charge in [0, 0.05) is 25.2 Å². The van der Waals surface area contributed by atoms with E-state index in [1.54, 1.807) is 4.90 Å². The van der Waals surface area contributed by atoms with Gasteiger partial charge in [0.2, 0.25) is 15.9 Å². The minimum absolute atomic E-state index is 0.132. The van der Waals surface area contributed by atoms with Crippen LogP contribution in [0.1, 0.15) is 61.8 Å².